The van der Waals surface area contributed by atoms with Gasteiger partial charge in [0.15, 0.2) is 0 Å². The third-order valence-electron chi connectivity index (χ3n) is 13.3. The number of rotatable bonds is 8. The highest BCUT2D eigenvalue weighted by Gasteiger charge is 2.22. The Balaban J connectivity index is 1.09. The van der Waals surface area contributed by atoms with Gasteiger partial charge in [-0.3, -0.25) is 0 Å². The van der Waals surface area contributed by atoms with Crippen LogP contribution in [0.1, 0.15) is 24.0 Å². The molecule has 66 heavy (non-hydrogen) atoms. The van der Waals surface area contributed by atoms with Crippen molar-refractivity contribution in [2.24, 2.45) is 0 Å². The molecule has 0 fully saturated rings. The number of para-hydroxylation sites is 1. The van der Waals surface area contributed by atoms with Crippen LogP contribution in [0.25, 0.3) is 89.2 Å². The number of nitrogens with zero attached hydrogens (tertiary/aromatic N) is 2. The molecule has 10 aromatic carbocycles. The van der Waals surface area contributed by atoms with Gasteiger partial charge < -0.3 is 9.47 Å². The molecule has 0 spiro atoms. The fourth-order valence-corrected chi connectivity index (χ4v) is 10.1. The maximum atomic E-state index is 2.46. The summed E-state index contributed by atoms with van der Waals surface area (Å²) in [7, 11) is 0. The van der Waals surface area contributed by atoms with Crippen molar-refractivity contribution in [3.8, 4) is 61.3 Å². The van der Waals surface area contributed by atoms with E-state index in [1.54, 1.807) is 0 Å². The lowest BCUT2D eigenvalue weighted by Crippen LogP contribution is -2.10. The molecule has 0 saturated carbocycles. The first kappa shape index (κ1) is 39.2. The second-order valence-electron chi connectivity index (χ2n) is 17.4. The van der Waals surface area contributed by atoms with E-state index < -0.39 is 0 Å². The summed E-state index contributed by atoms with van der Waals surface area (Å²) < 4.78 is 2.46. The summed E-state index contributed by atoms with van der Waals surface area (Å²) in [4.78, 5) is 2.42. The van der Waals surface area contributed by atoms with E-state index in [9.17, 15) is 0 Å². The number of allylic oxidation sites excluding steroid dienone is 1. The van der Waals surface area contributed by atoms with E-state index in [2.05, 4.69) is 271 Å². The van der Waals surface area contributed by atoms with Crippen LogP contribution in [-0.4, -0.2) is 4.57 Å². The van der Waals surface area contributed by atoms with Gasteiger partial charge in [-0.15, -0.1) is 0 Å². The number of hydrogen-bond donors (Lipinski definition) is 0. The van der Waals surface area contributed by atoms with Gasteiger partial charge in [0, 0.05) is 33.5 Å². The van der Waals surface area contributed by atoms with Crippen LogP contribution in [0.3, 0.4) is 0 Å². The van der Waals surface area contributed by atoms with E-state index in [4.69, 9.17) is 0 Å². The molecule has 0 amide bonds. The maximum absolute atomic E-state index is 2.46. The number of benzene rings is 10. The van der Waals surface area contributed by atoms with Crippen molar-refractivity contribution in [3.63, 3.8) is 0 Å². The minimum Gasteiger partial charge on any atom is -0.310 e. The quantitative estimate of drug-likeness (QED) is 0.148. The van der Waals surface area contributed by atoms with Gasteiger partial charge in [0.05, 0.1) is 11.0 Å². The standard InChI is InChI=1S/C64H46N2/c1-44-29-30-51-40-56(36-38-58(51)59-28-15-14-27-57(44)59)65(54-34-31-48(32-35-54)45-17-6-2-7-18-45)55-26-16-23-50(39-55)61-41-52(47-21-10-4-11-22-47)43-63-64(61)60-37-33-49(46-19-8-3-9-20-46)42-62(60)66(63)53-24-12-5-13-25-53/h2-44H,1H3/t44-/m0/s1. The van der Waals surface area contributed by atoms with Crippen molar-refractivity contribution >= 4 is 44.9 Å². The molecule has 2 nitrogen and oxygen atoms in total. The highest BCUT2D eigenvalue weighted by molar-refractivity contribution is 6.17. The van der Waals surface area contributed by atoms with Crippen molar-refractivity contribution < 1.29 is 0 Å². The van der Waals surface area contributed by atoms with Crippen LogP contribution in [-0.2, 0) is 0 Å². The molecule has 12 rings (SSSR count). The van der Waals surface area contributed by atoms with E-state index in [0.717, 1.165) is 28.3 Å². The van der Waals surface area contributed by atoms with E-state index in [0.29, 0.717) is 5.92 Å². The molecule has 0 saturated heterocycles. The lowest BCUT2D eigenvalue weighted by molar-refractivity contribution is 0.979. The molecular formula is C64H46N2. The molecular weight excluding hydrogens is 797 g/mol. The second kappa shape index (κ2) is 16.6. The topological polar surface area (TPSA) is 8.17 Å². The van der Waals surface area contributed by atoms with Gasteiger partial charge in [-0.1, -0.05) is 195 Å². The molecule has 1 aromatic heterocycles. The van der Waals surface area contributed by atoms with Gasteiger partial charge in [-0.05, 0) is 139 Å². The lowest BCUT2D eigenvalue weighted by atomic mass is 9.92. The predicted octanol–water partition coefficient (Wildman–Crippen LogP) is 17.7. The first-order chi connectivity index (χ1) is 32.6. The van der Waals surface area contributed by atoms with E-state index in [1.165, 1.54) is 83.0 Å². The smallest absolute Gasteiger partial charge is 0.0553 e. The Bertz CT molecular complexity index is 3570. The van der Waals surface area contributed by atoms with Gasteiger partial charge in [0.2, 0.25) is 0 Å². The Morgan fingerprint density at radius 2 is 0.924 bits per heavy atom. The third kappa shape index (κ3) is 7.01. The Hall–Kier alpha value is -8.46. The van der Waals surface area contributed by atoms with Gasteiger partial charge in [-0.2, -0.15) is 0 Å². The Labute approximate surface area is 386 Å². The molecule has 2 heteroatoms. The molecule has 0 radical (unpaired) electrons. The molecule has 1 heterocycles. The first-order valence-electron chi connectivity index (χ1n) is 22.9. The highest BCUT2D eigenvalue weighted by atomic mass is 15.1. The van der Waals surface area contributed by atoms with Crippen molar-refractivity contribution in [1.29, 1.82) is 0 Å². The number of anilines is 3. The fraction of sp³-hybridized carbons (Fsp3) is 0.0312. The number of hydrogen-bond acceptors (Lipinski definition) is 1. The van der Waals surface area contributed by atoms with E-state index in [-0.39, 0.29) is 0 Å². The SMILES string of the molecule is C[C@H]1C=Cc2cc(N(c3ccc(-c4ccccc4)cc3)c3cccc(-c4cc(-c5ccccc5)cc5c4c4ccc(-c6ccccc6)cc4n5-c4ccccc4)c3)ccc2-c2ccccc21. The Morgan fingerprint density at radius 1 is 0.364 bits per heavy atom. The molecule has 0 N–H and O–H groups in total. The van der Waals surface area contributed by atoms with Crippen LogP contribution in [0, 0.1) is 0 Å². The zero-order valence-electron chi connectivity index (χ0n) is 36.7. The molecule has 11 aromatic rings. The monoisotopic (exact) mass is 842 g/mol. The van der Waals surface area contributed by atoms with Crippen LogP contribution in [0.4, 0.5) is 17.1 Å². The summed E-state index contributed by atoms with van der Waals surface area (Å²) in [5, 5.41) is 2.45. The normalized spacial score (nSPS) is 13.0. The summed E-state index contributed by atoms with van der Waals surface area (Å²) in [6.45, 7) is 2.29. The molecule has 0 aliphatic heterocycles. The third-order valence-corrected chi connectivity index (χ3v) is 13.3. The Morgan fingerprint density at radius 3 is 1.65 bits per heavy atom. The van der Waals surface area contributed by atoms with Gasteiger partial charge in [0.25, 0.3) is 0 Å². The average molecular weight is 843 g/mol. The number of aromatic nitrogens is 1. The van der Waals surface area contributed by atoms with Crippen molar-refractivity contribution in [3.05, 3.63) is 260 Å². The maximum Gasteiger partial charge on any atom is 0.0553 e. The molecule has 312 valence electrons. The average Bonchev–Trinajstić information content (AvgIpc) is 3.65. The summed E-state index contributed by atoms with van der Waals surface area (Å²) in [6.07, 6.45) is 4.65. The minimum atomic E-state index is 0.316. The summed E-state index contributed by atoms with van der Waals surface area (Å²) >= 11 is 0. The van der Waals surface area contributed by atoms with E-state index in [1.807, 2.05) is 0 Å². The molecule has 1 aliphatic carbocycles. The lowest BCUT2D eigenvalue weighted by Gasteiger charge is -2.27. The van der Waals surface area contributed by atoms with Gasteiger partial charge in [0.1, 0.15) is 0 Å². The summed E-state index contributed by atoms with van der Waals surface area (Å²) in [5.74, 6) is 0.316. The molecule has 0 unspecified atom stereocenters. The van der Waals surface area contributed by atoms with Crippen LogP contribution in [0.15, 0.2) is 249 Å². The summed E-state index contributed by atoms with van der Waals surface area (Å²) in [5.41, 5.74) is 21.4. The van der Waals surface area contributed by atoms with Gasteiger partial charge >= 0.3 is 0 Å². The van der Waals surface area contributed by atoms with E-state index >= 15 is 0 Å². The molecule has 0 bridgehead atoms. The minimum absolute atomic E-state index is 0.316. The fourth-order valence-electron chi connectivity index (χ4n) is 10.1. The molecule has 1 aliphatic rings. The van der Waals surface area contributed by atoms with Crippen LogP contribution in [0.2, 0.25) is 0 Å². The largest absolute Gasteiger partial charge is 0.310 e. The van der Waals surface area contributed by atoms with Crippen LogP contribution < -0.4 is 4.90 Å². The molecule has 1 atom stereocenters. The number of fused-ring (bicyclic) bond motifs is 6. The van der Waals surface area contributed by atoms with Crippen molar-refractivity contribution in [2.45, 2.75) is 12.8 Å². The second-order valence-corrected chi connectivity index (χ2v) is 17.4. The van der Waals surface area contributed by atoms with Crippen molar-refractivity contribution in [2.75, 3.05) is 4.90 Å². The zero-order chi connectivity index (χ0) is 44.0. The van der Waals surface area contributed by atoms with Crippen molar-refractivity contribution in [1.82, 2.24) is 4.57 Å². The summed E-state index contributed by atoms with van der Waals surface area (Å²) in [6, 6.07) is 88.7. The highest BCUT2D eigenvalue weighted by Crippen LogP contribution is 2.46. The zero-order valence-corrected chi connectivity index (χ0v) is 36.7. The van der Waals surface area contributed by atoms with Crippen LogP contribution >= 0.6 is 0 Å². The predicted molar refractivity (Wildman–Crippen MR) is 280 cm³/mol. The van der Waals surface area contributed by atoms with Crippen LogP contribution in [0.5, 0.6) is 0 Å². The first-order valence-corrected chi connectivity index (χ1v) is 22.9. The Kier molecular flexibility index (Phi) is 9.84. The van der Waals surface area contributed by atoms with Gasteiger partial charge in [-0.25, -0.2) is 0 Å².